The third-order valence-electron chi connectivity index (χ3n) is 3.29. The molecule has 2 aromatic rings. The van der Waals surface area contributed by atoms with Crippen LogP contribution in [-0.4, -0.2) is 27.7 Å². The molecule has 0 aliphatic carbocycles. The number of para-hydroxylation sites is 1. The highest BCUT2D eigenvalue weighted by Gasteiger charge is 2.35. The van der Waals surface area contributed by atoms with Crippen LogP contribution in [0.4, 0.5) is 13.2 Å². The first-order chi connectivity index (χ1) is 11.3. The number of hydrogen-bond donors (Lipinski definition) is 1. The zero-order chi connectivity index (χ0) is 17.7. The standard InChI is InChI=1S/C16H18F3N3OS/c1-3-6-10(2)20-13(23)9-24-14-11-7-4-5-8-12(11)21-15(22-14)16(17,18)19/h4-5,7-8,10H,3,6,9H2,1-2H3,(H,20,23)/t10-/m1/s1. The maximum Gasteiger partial charge on any atom is 0.451 e. The van der Waals surface area contributed by atoms with Gasteiger partial charge in [0, 0.05) is 11.4 Å². The lowest BCUT2D eigenvalue weighted by Crippen LogP contribution is -2.33. The third kappa shape index (κ3) is 4.83. The molecule has 0 spiro atoms. The average Bonchev–Trinajstić information content (AvgIpc) is 2.51. The van der Waals surface area contributed by atoms with Crippen LogP contribution in [0.15, 0.2) is 29.3 Å². The van der Waals surface area contributed by atoms with Gasteiger partial charge in [0.2, 0.25) is 11.7 Å². The first-order valence-electron chi connectivity index (χ1n) is 7.57. The predicted molar refractivity (Wildman–Crippen MR) is 87.8 cm³/mol. The molecular weight excluding hydrogens is 339 g/mol. The van der Waals surface area contributed by atoms with Gasteiger partial charge in [-0.15, -0.1) is 0 Å². The molecule has 0 fully saturated rings. The Morgan fingerprint density at radius 1 is 1.29 bits per heavy atom. The smallest absolute Gasteiger partial charge is 0.353 e. The van der Waals surface area contributed by atoms with Crippen molar-refractivity contribution in [3.63, 3.8) is 0 Å². The maximum absolute atomic E-state index is 12.9. The Kier molecular flexibility index (Phi) is 6.04. The molecule has 2 rings (SSSR count). The number of halogens is 3. The van der Waals surface area contributed by atoms with E-state index in [2.05, 4.69) is 15.3 Å². The van der Waals surface area contributed by atoms with Gasteiger partial charge in [-0.25, -0.2) is 9.97 Å². The number of fused-ring (bicyclic) bond motifs is 1. The minimum atomic E-state index is -4.63. The highest BCUT2D eigenvalue weighted by atomic mass is 32.2. The molecule has 1 amide bonds. The Morgan fingerprint density at radius 3 is 2.67 bits per heavy atom. The normalized spacial score (nSPS) is 13.0. The van der Waals surface area contributed by atoms with Gasteiger partial charge in [0.1, 0.15) is 5.03 Å². The molecule has 4 nitrogen and oxygen atoms in total. The number of nitrogens with one attached hydrogen (secondary N) is 1. The molecule has 1 atom stereocenters. The maximum atomic E-state index is 12.9. The number of hydrogen-bond acceptors (Lipinski definition) is 4. The van der Waals surface area contributed by atoms with Gasteiger partial charge in [0.25, 0.3) is 0 Å². The summed E-state index contributed by atoms with van der Waals surface area (Å²) >= 11 is 0.985. The van der Waals surface area contributed by atoms with Gasteiger partial charge in [-0.05, 0) is 19.4 Å². The summed E-state index contributed by atoms with van der Waals surface area (Å²) in [6, 6.07) is 6.50. The van der Waals surface area contributed by atoms with Crippen LogP contribution < -0.4 is 5.32 Å². The fourth-order valence-electron chi connectivity index (χ4n) is 2.24. The van der Waals surface area contributed by atoms with Gasteiger partial charge in [0.15, 0.2) is 0 Å². The van der Waals surface area contributed by atoms with Gasteiger partial charge < -0.3 is 5.32 Å². The second kappa shape index (κ2) is 7.83. The van der Waals surface area contributed by atoms with E-state index in [1.165, 1.54) is 6.07 Å². The number of rotatable bonds is 6. The van der Waals surface area contributed by atoms with E-state index in [-0.39, 0.29) is 28.2 Å². The van der Waals surface area contributed by atoms with E-state index in [1.54, 1.807) is 18.2 Å². The fourth-order valence-corrected chi connectivity index (χ4v) is 3.07. The quantitative estimate of drug-likeness (QED) is 0.626. The number of thioether (sulfide) groups is 1. The summed E-state index contributed by atoms with van der Waals surface area (Å²) in [4.78, 5) is 19.1. The lowest BCUT2D eigenvalue weighted by Gasteiger charge is -2.13. The van der Waals surface area contributed by atoms with E-state index in [0.717, 1.165) is 24.6 Å². The van der Waals surface area contributed by atoms with Crippen molar-refractivity contribution in [3.05, 3.63) is 30.1 Å². The van der Waals surface area contributed by atoms with Crippen LogP contribution in [0.5, 0.6) is 0 Å². The van der Waals surface area contributed by atoms with Crippen molar-refractivity contribution in [2.75, 3.05) is 5.75 Å². The van der Waals surface area contributed by atoms with Gasteiger partial charge in [-0.1, -0.05) is 43.3 Å². The number of carbonyl (C=O) groups is 1. The van der Waals surface area contributed by atoms with Gasteiger partial charge in [-0.3, -0.25) is 4.79 Å². The molecule has 0 aliphatic heterocycles. The molecule has 1 aromatic heterocycles. The highest BCUT2D eigenvalue weighted by molar-refractivity contribution is 8.00. The van der Waals surface area contributed by atoms with E-state index in [9.17, 15) is 18.0 Å². The number of nitrogens with zero attached hydrogens (tertiary/aromatic N) is 2. The minimum absolute atomic E-state index is 0.00631. The minimum Gasteiger partial charge on any atom is -0.353 e. The summed E-state index contributed by atoms with van der Waals surface area (Å²) in [6.45, 7) is 3.91. The number of alkyl halides is 3. The zero-order valence-electron chi connectivity index (χ0n) is 13.4. The van der Waals surface area contributed by atoms with E-state index < -0.39 is 12.0 Å². The van der Waals surface area contributed by atoms with Crippen molar-refractivity contribution < 1.29 is 18.0 Å². The van der Waals surface area contributed by atoms with Crippen molar-refractivity contribution in [1.82, 2.24) is 15.3 Å². The van der Waals surface area contributed by atoms with Crippen LogP contribution in [0, 0.1) is 0 Å². The van der Waals surface area contributed by atoms with Crippen molar-refractivity contribution >= 4 is 28.6 Å². The molecule has 0 unspecified atom stereocenters. The zero-order valence-corrected chi connectivity index (χ0v) is 14.2. The Hall–Kier alpha value is -1.83. The fraction of sp³-hybridized carbons (Fsp3) is 0.438. The second-order valence-electron chi connectivity index (χ2n) is 5.41. The molecular formula is C16H18F3N3OS. The predicted octanol–water partition coefficient (Wildman–Crippen LogP) is 4.05. The molecule has 130 valence electrons. The van der Waals surface area contributed by atoms with Crippen molar-refractivity contribution in [1.29, 1.82) is 0 Å². The van der Waals surface area contributed by atoms with Gasteiger partial charge in [0.05, 0.1) is 11.3 Å². The molecule has 0 radical (unpaired) electrons. The third-order valence-corrected chi connectivity index (χ3v) is 4.28. The van der Waals surface area contributed by atoms with Crippen LogP contribution in [0.3, 0.4) is 0 Å². The van der Waals surface area contributed by atoms with Crippen molar-refractivity contribution in [2.24, 2.45) is 0 Å². The summed E-state index contributed by atoms with van der Waals surface area (Å²) in [5, 5.41) is 3.48. The molecule has 1 aromatic carbocycles. The van der Waals surface area contributed by atoms with Crippen molar-refractivity contribution in [3.8, 4) is 0 Å². The summed E-state index contributed by atoms with van der Waals surface area (Å²) in [6.07, 6.45) is -2.83. The molecule has 0 aliphatic rings. The van der Waals surface area contributed by atoms with Crippen LogP contribution in [0.1, 0.15) is 32.5 Å². The van der Waals surface area contributed by atoms with E-state index in [0.29, 0.717) is 5.39 Å². The molecule has 0 saturated carbocycles. The average molecular weight is 357 g/mol. The molecule has 1 heterocycles. The number of benzene rings is 1. The van der Waals surface area contributed by atoms with E-state index in [4.69, 9.17) is 0 Å². The molecule has 1 N–H and O–H groups in total. The molecule has 0 bridgehead atoms. The number of carbonyl (C=O) groups excluding carboxylic acids is 1. The number of amides is 1. The van der Waals surface area contributed by atoms with Gasteiger partial charge in [-0.2, -0.15) is 13.2 Å². The SMILES string of the molecule is CCC[C@@H](C)NC(=O)CSc1nc(C(F)(F)F)nc2ccccc12. The molecule has 24 heavy (non-hydrogen) atoms. The molecule has 8 heteroatoms. The Balaban J connectivity index is 2.20. The first kappa shape index (κ1) is 18.5. The van der Waals surface area contributed by atoms with Crippen LogP contribution in [0.25, 0.3) is 10.9 Å². The van der Waals surface area contributed by atoms with E-state index in [1.807, 2.05) is 13.8 Å². The van der Waals surface area contributed by atoms with Gasteiger partial charge >= 0.3 is 6.18 Å². The number of aromatic nitrogens is 2. The first-order valence-corrected chi connectivity index (χ1v) is 8.56. The van der Waals surface area contributed by atoms with Crippen LogP contribution in [-0.2, 0) is 11.0 Å². The largest absolute Gasteiger partial charge is 0.451 e. The second-order valence-corrected chi connectivity index (χ2v) is 6.38. The monoisotopic (exact) mass is 357 g/mol. The van der Waals surface area contributed by atoms with Crippen molar-refractivity contribution in [2.45, 2.75) is 43.9 Å². The highest BCUT2D eigenvalue weighted by Crippen LogP contribution is 2.31. The summed E-state index contributed by atoms with van der Waals surface area (Å²) in [5.74, 6) is -1.41. The summed E-state index contributed by atoms with van der Waals surface area (Å²) in [7, 11) is 0. The lowest BCUT2D eigenvalue weighted by atomic mass is 10.2. The lowest BCUT2D eigenvalue weighted by molar-refractivity contribution is -0.145. The Bertz CT molecular complexity index is 721. The Labute approximate surface area is 142 Å². The van der Waals surface area contributed by atoms with E-state index >= 15 is 0 Å². The van der Waals surface area contributed by atoms with Crippen LogP contribution in [0.2, 0.25) is 0 Å². The summed E-state index contributed by atoms with van der Waals surface area (Å²) in [5.41, 5.74) is 0.210. The van der Waals surface area contributed by atoms with Crippen LogP contribution >= 0.6 is 11.8 Å². The summed E-state index contributed by atoms with van der Waals surface area (Å²) < 4.78 is 38.8. The molecule has 0 saturated heterocycles. The topological polar surface area (TPSA) is 54.9 Å². The Morgan fingerprint density at radius 2 is 2.00 bits per heavy atom.